The number of aryl methyl sites for hydroxylation is 1. The number of amides is 2. The van der Waals surface area contributed by atoms with Crippen LogP contribution in [0.5, 0.6) is 0 Å². The molecule has 2 aromatic rings. The smallest absolute Gasteiger partial charge is 0.258 e. The Kier molecular flexibility index (Phi) is 5.43. The molecule has 0 saturated heterocycles. The average Bonchev–Trinajstić information content (AvgIpc) is 2.50. The van der Waals surface area contributed by atoms with Crippen molar-refractivity contribution in [2.45, 2.75) is 13.3 Å². The van der Waals surface area contributed by atoms with Crippen LogP contribution in [0, 0.1) is 12.7 Å². The van der Waals surface area contributed by atoms with E-state index < -0.39 is 11.7 Å². The molecule has 23 heavy (non-hydrogen) atoms. The number of carbonyl (C=O) groups excluding carboxylic acids is 2. The van der Waals surface area contributed by atoms with Crippen molar-refractivity contribution >= 4 is 23.2 Å². The first-order chi connectivity index (χ1) is 11.0. The molecule has 0 atom stereocenters. The predicted octanol–water partition coefficient (Wildman–Crippen LogP) is 2.67. The minimum absolute atomic E-state index is 0.0627. The van der Waals surface area contributed by atoms with Crippen LogP contribution in [0.15, 0.2) is 42.5 Å². The van der Waals surface area contributed by atoms with Crippen LogP contribution in [0.3, 0.4) is 0 Å². The third-order valence-corrected chi connectivity index (χ3v) is 3.19. The molecule has 0 aromatic heterocycles. The molecule has 0 spiro atoms. The molecule has 5 nitrogen and oxygen atoms in total. The van der Waals surface area contributed by atoms with Crippen molar-refractivity contribution in [2.75, 3.05) is 17.2 Å². The van der Waals surface area contributed by atoms with Gasteiger partial charge in [-0.1, -0.05) is 18.2 Å². The molecule has 0 saturated carbocycles. The first-order valence-corrected chi connectivity index (χ1v) is 7.17. The molecular formula is C17H18FN3O2. The second-order valence-electron chi connectivity index (χ2n) is 5.07. The van der Waals surface area contributed by atoms with Crippen LogP contribution in [0.2, 0.25) is 0 Å². The van der Waals surface area contributed by atoms with Crippen molar-refractivity contribution in [3.63, 3.8) is 0 Å². The van der Waals surface area contributed by atoms with E-state index in [1.54, 1.807) is 24.3 Å². The average molecular weight is 315 g/mol. The van der Waals surface area contributed by atoms with E-state index in [4.69, 9.17) is 5.73 Å². The molecule has 120 valence electrons. The normalized spacial score (nSPS) is 10.2. The van der Waals surface area contributed by atoms with Crippen molar-refractivity contribution in [1.29, 1.82) is 0 Å². The van der Waals surface area contributed by atoms with Crippen LogP contribution in [-0.4, -0.2) is 18.4 Å². The second kappa shape index (κ2) is 7.51. The van der Waals surface area contributed by atoms with E-state index in [0.717, 1.165) is 5.56 Å². The lowest BCUT2D eigenvalue weighted by Gasteiger charge is -2.13. The molecule has 0 bridgehead atoms. The Morgan fingerprint density at radius 3 is 2.52 bits per heavy atom. The Labute approximate surface area is 133 Å². The van der Waals surface area contributed by atoms with Crippen LogP contribution in [0.1, 0.15) is 22.3 Å². The number of halogens is 1. The molecule has 6 heteroatoms. The maximum atomic E-state index is 13.7. The molecule has 0 unspecified atom stereocenters. The second-order valence-corrected chi connectivity index (χ2v) is 5.07. The highest BCUT2D eigenvalue weighted by atomic mass is 19.1. The summed E-state index contributed by atoms with van der Waals surface area (Å²) in [6.07, 6.45) is 0.175. The lowest BCUT2D eigenvalue weighted by Crippen LogP contribution is -2.19. The lowest BCUT2D eigenvalue weighted by atomic mass is 10.1. The Morgan fingerprint density at radius 2 is 1.83 bits per heavy atom. The third-order valence-electron chi connectivity index (χ3n) is 3.19. The zero-order valence-electron chi connectivity index (χ0n) is 12.7. The number of carbonyl (C=O) groups is 2. The number of anilines is 2. The van der Waals surface area contributed by atoms with Gasteiger partial charge in [0.1, 0.15) is 5.82 Å². The minimum Gasteiger partial charge on any atom is -0.330 e. The highest BCUT2D eigenvalue weighted by Crippen LogP contribution is 2.24. The van der Waals surface area contributed by atoms with Crippen LogP contribution < -0.4 is 16.4 Å². The highest BCUT2D eigenvalue weighted by molar-refractivity contribution is 6.07. The zero-order chi connectivity index (χ0) is 16.8. The summed E-state index contributed by atoms with van der Waals surface area (Å²) in [7, 11) is 0. The van der Waals surface area contributed by atoms with Gasteiger partial charge in [0.2, 0.25) is 5.91 Å². The summed E-state index contributed by atoms with van der Waals surface area (Å²) in [6, 6.07) is 10.9. The third kappa shape index (κ3) is 4.37. The van der Waals surface area contributed by atoms with Gasteiger partial charge in [-0.15, -0.1) is 0 Å². The molecule has 0 aliphatic carbocycles. The van der Waals surface area contributed by atoms with Crippen molar-refractivity contribution in [2.24, 2.45) is 5.73 Å². The fraction of sp³-hybridized carbons (Fsp3) is 0.176. The highest BCUT2D eigenvalue weighted by Gasteiger charge is 2.14. The SMILES string of the molecule is Cc1ccc(NC(=O)c2ccccc2F)c(NC(=O)CCN)c1. The van der Waals surface area contributed by atoms with Crippen LogP contribution >= 0.6 is 0 Å². The van der Waals surface area contributed by atoms with Gasteiger partial charge in [0.15, 0.2) is 0 Å². The van der Waals surface area contributed by atoms with Gasteiger partial charge in [-0.2, -0.15) is 0 Å². The number of hydrogen-bond acceptors (Lipinski definition) is 3. The number of nitrogens with two attached hydrogens (primary N) is 1. The number of hydrogen-bond donors (Lipinski definition) is 3. The predicted molar refractivity (Wildman–Crippen MR) is 87.8 cm³/mol. The van der Waals surface area contributed by atoms with Gasteiger partial charge >= 0.3 is 0 Å². The van der Waals surface area contributed by atoms with E-state index in [0.29, 0.717) is 11.4 Å². The summed E-state index contributed by atoms with van der Waals surface area (Å²) in [5.74, 6) is -1.44. The Balaban J connectivity index is 2.24. The van der Waals surface area contributed by atoms with E-state index in [-0.39, 0.29) is 24.4 Å². The van der Waals surface area contributed by atoms with Crippen LogP contribution in [-0.2, 0) is 4.79 Å². The topological polar surface area (TPSA) is 84.2 Å². The van der Waals surface area contributed by atoms with Crippen molar-refractivity contribution < 1.29 is 14.0 Å². The summed E-state index contributed by atoms with van der Waals surface area (Å²) in [5.41, 5.74) is 7.05. The van der Waals surface area contributed by atoms with E-state index >= 15 is 0 Å². The molecular weight excluding hydrogens is 297 g/mol. The molecule has 2 rings (SSSR count). The molecule has 0 radical (unpaired) electrons. The number of benzene rings is 2. The quantitative estimate of drug-likeness (QED) is 0.793. The molecule has 0 aliphatic heterocycles. The molecule has 0 heterocycles. The fourth-order valence-electron chi connectivity index (χ4n) is 2.05. The van der Waals surface area contributed by atoms with Crippen molar-refractivity contribution in [3.8, 4) is 0 Å². The van der Waals surface area contributed by atoms with E-state index in [1.165, 1.54) is 18.2 Å². The van der Waals surface area contributed by atoms with Crippen molar-refractivity contribution in [3.05, 3.63) is 59.4 Å². The van der Waals surface area contributed by atoms with E-state index in [9.17, 15) is 14.0 Å². The Hall–Kier alpha value is -2.73. The Morgan fingerprint density at radius 1 is 1.09 bits per heavy atom. The van der Waals surface area contributed by atoms with Gasteiger partial charge in [-0.05, 0) is 36.8 Å². The van der Waals surface area contributed by atoms with Crippen molar-refractivity contribution in [1.82, 2.24) is 0 Å². The number of rotatable bonds is 5. The molecule has 4 N–H and O–H groups in total. The van der Waals surface area contributed by atoms with Gasteiger partial charge in [0, 0.05) is 13.0 Å². The molecule has 2 amide bonds. The van der Waals surface area contributed by atoms with E-state index in [1.807, 2.05) is 6.92 Å². The van der Waals surface area contributed by atoms with E-state index in [2.05, 4.69) is 10.6 Å². The monoisotopic (exact) mass is 315 g/mol. The first kappa shape index (κ1) is 16.6. The largest absolute Gasteiger partial charge is 0.330 e. The molecule has 2 aromatic carbocycles. The van der Waals surface area contributed by atoms with Gasteiger partial charge < -0.3 is 16.4 Å². The van der Waals surface area contributed by atoms with Crippen LogP contribution in [0.4, 0.5) is 15.8 Å². The van der Waals surface area contributed by atoms with Gasteiger partial charge in [-0.3, -0.25) is 9.59 Å². The zero-order valence-corrected chi connectivity index (χ0v) is 12.7. The summed E-state index contributed by atoms with van der Waals surface area (Å²) >= 11 is 0. The molecule has 0 aliphatic rings. The summed E-state index contributed by atoms with van der Waals surface area (Å²) in [6.45, 7) is 2.09. The summed E-state index contributed by atoms with van der Waals surface area (Å²) in [4.78, 5) is 23.9. The molecule has 0 fully saturated rings. The van der Waals surface area contributed by atoms with Gasteiger partial charge in [0.05, 0.1) is 16.9 Å². The number of nitrogens with one attached hydrogen (secondary N) is 2. The van der Waals surface area contributed by atoms with Gasteiger partial charge in [0.25, 0.3) is 5.91 Å². The standard InChI is InChI=1S/C17H18FN3O2/c1-11-6-7-14(15(10-11)20-16(22)8-9-19)21-17(23)12-4-2-3-5-13(12)18/h2-7,10H,8-9,19H2,1H3,(H,20,22)(H,21,23). The summed E-state index contributed by atoms with van der Waals surface area (Å²) < 4.78 is 13.7. The van der Waals surface area contributed by atoms with Gasteiger partial charge in [-0.25, -0.2) is 4.39 Å². The maximum absolute atomic E-state index is 13.7. The lowest BCUT2D eigenvalue weighted by molar-refractivity contribution is -0.116. The Bertz CT molecular complexity index is 732. The minimum atomic E-state index is -0.606. The fourth-order valence-corrected chi connectivity index (χ4v) is 2.05. The maximum Gasteiger partial charge on any atom is 0.258 e. The van der Waals surface area contributed by atoms with Crippen LogP contribution in [0.25, 0.3) is 0 Å². The first-order valence-electron chi connectivity index (χ1n) is 7.17. The summed E-state index contributed by atoms with van der Waals surface area (Å²) in [5, 5.41) is 5.31.